The second kappa shape index (κ2) is 6.89. The molecule has 0 spiro atoms. The van der Waals surface area contributed by atoms with Gasteiger partial charge in [0.1, 0.15) is 5.82 Å². The molecule has 90 valence electrons. The summed E-state index contributed by atoms with van der Waals surface area (Å²) in [5.41, 5.74) is 6.93. The lowest BCUT2D eigenvalue weighted by atomic mass is 10.1. The van der Waals surface area contributed by atoms with Crippen molar-refractivity contribution in [3.63, 3.8) is 0 Å². The van der Waals surface area contributed by atoms with Crippen LogP contribution in [0.5, 0.6) is 0 Å². The third-order valence-corrected chi connectivity index (χ3v) is 3.75. The van der Waals surface area contributed by atoms with Gasteiger partial charge in [0.05, 0.1) is 0 Å². The molecule has 0 heterocycles. The monoisotopic (exact) mass is 243 g/mol. The highest BCUT2D eigenvalue weighted by Gasteiger charge is 2.09. The first-order chi connectivity index (χ1) is 7.63. The first-order valence-electron chi connectivity index (χ1n) is 5.37. The summed E-state index contributed by atoms with van der Waals surface area (Å²) in [6.45, 7) is 2.28. The second-order valence-corrected chi connectivity index (χ2v) is 5.29. The molecule has 3 N–H and O–H groups in total. The van der Waals surface area contributed by atoms with Crippen LogP contribution in [0.2, 0.25) is 0 Å². The maximum absolute atomic E-state index is 12.7. The van der Waals surface area contributed by atoms with Crippen molar-refractivity contribution in [3.8, 4) is 0 Å². The Kier molecular flexibility index (Phi) is 5.80. The molecule has 1 aromatic carbocycles. The third-order valence-electron chi connectivity index (χ3n) is 2.39. The van der Waals surface area contributed by atoms with Gasteiger partial charge in [0.25, 0.3) is 0 Å². The van der Waals surface area contributed by atoms with E-state index in [1.54, 1.807) is 23.9 Å². The molecule has 0 aliphatic rings. The first-order valence-corrected chi connectivity index (χ1v) is 6.42. The summed E-state index contributed by atoms with van der Waals surface area (Å²) in [4.78, 5) is 0. The fourth-order valence-electron chi connectivity index (χ4n) is 1.34. The minimum absolute atomic E-state index is 0.0771. The van der Waals surface area contributed by atoms with Crippen molar-refractivity contribution in [1.29, 1.82) is 0 Å². The van der Waals surface area contributed by atoms with Crippen LogP contribution in [-0.4, -0.2) is 22.7 Å². The van der Waals surface area contributed by atoms with E-state index in [0.29, 0.717) is 5.25 Å². The van der Waals surface area contributed by atoms with Crippen LogP contribution in [0.1, 0.15) is 24.9 Å². The van der Waals surface area contributed by atoms with E-state index in [9.17, 15) is 4.39 Å². The molecular weight excluding hydrogens is 225 g/mol. The predicted molar refractivity (Wildman–Crippen MR) is 67.0 cm³/mol. The van der Waals surface area contributed by atoms with Gasteiger partial charge < -0.3 is 10.8 Å². The second-order valence-electron chi connectivity index (χ2n) is 3.81. The van der Waals surface area contributed by atoms with Gasteiger partial charge in [0.2, 0.25) is 0 Å². The van der Waals surface area contributed by atoms with E-state index in [0.717, 1.165) is 17.7 Å². The number of thioether (sulfide) groups is 1. The molecule has 2 unspecified atom stereocenters. The Morgan fingerprint density at radius 3 is 2.56 bits per heavy atom. The van der Waals surface area contributed by atoms with Crippen LogP contribution >= 0.6 is 11.8 Å². The highest BCUT2D eigenvalue weighted by atomic mass is 32.2. The molecule has 0 bridgehead atoms. The molecule has 0 aliphatic carbocycles. The molecule has 0 aromatic heterocycles. The van der Waals surface area contributed by atoms with E-state index in [1.807, 2.05) is 0 Å². The fourth-order valence-corrected chi connectivity index (χ4v) is 2.34. The van der Waals surface area contributed by atoms with Crippen molar-refractivity contribution in [1.82, 2.24) is 0 Å². The van der Waals surface area contributed by atoms with Crippen molar-refractivity contribution >= 4 is 11.8 Å². The summed E-state index contributed by atoms with van der Waals surface area (Å²) in [5.74, 6) is 0.546. The van der Waals surface area contributed by atoms with E-state index in [1.165, 1.54) is 12.1 Å². The topological polar surface area (TPSA) is 46.2 Å². The minimum atomic E-state index is -0.239. The summed E-state index contributed by atoms with van der Waals surface area (Å²) in [6, 6.07) is 6.22. The van der Waals surface area contributed by atoms with Crippen molar-refractivity contribution in [3.05, 3.63) is 35.6 Å². The largest absolute Gasteiger partial charge is 0.396 e. The molecule has 2 nitrogen and oxygen atoms in total. The van der Waals surface area contributed by atoms with Crippen LogP contribution < -0.4 is 5.73 Å². The molecule has 2 atom stereocenters. The number of aliphatic hydroxyl groups excluding tert-OH is 1. The van der Waals surface area contributed by atoms with Crippen LogP contribution in [0.25, 0.3) is 0 Å². The van der Waals surface area contributed by atoms with E-state index in [2.05, 4.69) is 6.92 Å². The lowest BCUT2D eigenvalue weighted by molar-refractivity contribution is 0.289. The molecular formula is C12H18FNOS. The van der Waals surface area contributed by atoms with Gasteiger partial charge in [-0.1, -0.05) is 19.1 Å². The Hall–Kier alpha value is -0.580. The van der Waals surface area contributed by atoms with Gasteiger partial charge in [-0.25, -0.2) is 4.39 Å². The zero-order valence-corrected chi connectivity index (χ0v) is 10.2. The number of aliphatic hydroxyl groups is 1. The average Bonchev–Trinajstić information content (AvgIpc) is 2.27. The number of hydrogen-bond donors (Lipinski definition) is 2. The molecule has 0 saturated heterocycles. The number of halogens is 1. The highest BCUT2D eigenvalue weighted by Crippen LogP contribution is 2.21. The Morgan fingerprint density at radius 2 is 2.00 bits per heavy atom. The highest BCUT2D eigenvalue weighted by molar-refractivity contribution is 7.99. The summed E-state index contributed by atoms with van der Waals surface area (Å²) in [7, 11) is 0. The fraction of sp³-hybridized carbons (Fsp3) is 0.500. The Labute approximate surface area is 100 Å². The maximum atomic E-state index is 12.7. The predicted octanol–water partition coefficient (Wildman–Crippen LogP) is 2.33. The molecule has 4 heteroatoms. The van der Waals surface area contributed by atoms with Gasteiger partial charge in [-0.2, -0.15) is 11.8 Å². The molecule has 0 aliphatic heterocycles. The molecule has 0 radical (unpaired) electrons. The van der Waals surface area contributed by atoms with Crippen LogP contribution in [0.3, 0.4) is 0 Å². The molecule has 1 aromatic rings. The van der Waals surface area contributed by atoms with Gasteiger partial charge >= 0.3 is 0 Å². The normalized spacial score (nSPS) is 14.8. The Balaban J connectivity index is 2.40. The minimum Gasteiger partial charge on any atom is -0.396 e. The zero-order chi connectivity index (χ0) is 12.0. The number of hydrogen-bond acceptors (Lipinski definition) is 3. The van der Waals surface area contributed by atoms with Gasteiger partial charge in [0, 0.05) is 23.7 Å². The van der Waals surface area contributed by atoms with E-state index < -0.39 is 0 Å². The maximum Gasteiger partial charge on any atom is 0.123 e. The van der Waals surface area contributed by atoms with Crippen LogP contribution in [0, 0.1) is 5.82 Å². The summed E-state index contributed by atoms with van der Waals surface area (Å²) < 4.78 is 12.7. The Morgan fingerprint density at radius 1 is 1.38 bits per heavy atom. The van der Waals surface area contributed by atoms with Crippen molar-refractivity contribution < 1.29 is 9.50 Å². The van der Waals surface area contributed by atoms with Gasteiger partial charge in [-0.15, -0.1) is 0 Å². The average molecular weight is 243 g/mol. The lowest BCUT2D eigenvalue weighted by Gasteiger charge is -2.15. The van der Waals surface area contributed by atoms with Crippen LogP contribution in [0.15, 0.2) is 24.3 Å². The molecule has 0 fully saturated rings. The van der Waals surface area contributed by atoms with Gasteiger partial charge in [0.15, 0.2) is 0 Å². The molecule has 0 saturated carbocycles. The molecule has 0 amide bonds. The van der Waals surface area contributed by atoms with Gasteiger partial charge in [-0.05, 0) is 24.1 Å². The Bertz CT molecular complexity index is 304. The number of nitrogens with two attached hydrogens (primary N) is 1. The van der Waals surface area contributed by atoms with E-state index in [4.69, 9.17) is 10.8 Å². The molecule has 1 rings (SSSR count). The zero-order valence-electron chi connectivity index (χ0n) is 9.40. The summed E-state index contributed by atoms with van der Waals surface area (Å²) in [5, 5.41) is 9.16. The SMILES string of the molecule is CC(CCO)SCC(N)c1ccc(F)cc1. The standard InChI is InChI=1S/C12H18FNOS/c1-9(6-7-15)16-8-12(14)10-2-4-11(13)5-3-10/h2-5,9,12,15H,6-8,14H2,1H3. The van der Waals surface area contributed by atoms with Crippen molar-refractivity contribution in [2.75, 3.05) is 12.4 Å². The van der Waals surface area contributed by atoms with Crippen LogP contribution in [-0.2, 0) is 0 Å². The molecule has 16 heavy (non-hydrogen) atoms. The van der Waals surface area contributed by atoms with Gasteiger partial charge in [-0.3, -0.25) is 0 Å². The van der Waals surface area contributed by atoms with Crippen molar-refractivity contribution in [2.45, 2.75) is 24.6 Å². The van der Waals surface area contributed by atoms with Crippen molar-refractivity contribution in [2.24, 2.45) is 5.73 Å². The third kappa shape index (κ3) is 4.51. The quantitative estimate of drug-likeness (QED) is 0.806. The summed E-state index contributed by atoms with van der Waals surface area (Å²) >= 11 is 1.73. The summed E-state index contributed by atoms with van der Waals surface area (Å²) in [6.07, 6.45) is 0.779. The van der Waals surface area contributed by atoms with E-state index in [-0.39, 0.29) is 18.5 Å². The number of rotatable bonds is 6. The lowest BCUT2D eigenvalue weighted by Crippen LogP contribution is -2.15. The first kappa shape index (κ1) is 13.5. The van der Waals surface area contributed by atoms with Crippen LogP contribution in [0.4, 0.5) is 4.39 Å². The smallest absolute Gasteiger partial charge is 0.123 e. The number of benzene rings is 1. The van der Waals surface area contributed by atoms with E-state index >= 15 is 0 Å².